The summed E-state index contributed by atoms with van der Waals surface area (Å²) in [6, 6.07) is 22.2. The maximum absolute atomic E-state index is 12.9. The highest BCUT2D eigenvalue weighted by Gasteiger charge is 2.13. The quantitative estimate of drug-likeness (QED) is 0.200. The minimum Gasteiger partial charge on any atom is -0.422 e. The van der Waals surface area contributed by atoms with Crippen LogP contribution in [0.4, 0.5) is 0 Å². The molecule has 0 N–H and O–H groups in total. The summed E-state index contributed by atoms with van der Waals surface area (Å²) in [5.41, 5.74) is 4.53. The van der Waals surface area contributed by atoms with E-state index in [1.165, 1.54) is 6.08 Å². The summed E-state index contributed by atoms with van der Waals surface area (Å²) in [5.74, 6) is -0.172. The molecule has 0 saturated heterocycles. The predicted octanol–water partition coefficient (Wildman–Crippen LogP) is 5.55. The number of hydrogen-bond donors (Lipinski definition) is 0. The van der Waals surface area contributed by atoms with Crippen LogP contribution in [0.3, 0.4) is 0 Å². The van der Waals surface area contributed by atoms with E-state index in [1.807, 2.05) is 61.7 Å². The molecule has 0 aliphatic carbocycles. The number of aromatic nitrogens is 3. The van der Waals surface area contributed by atoms with Crippen LogP contribution in [0.2, 0.25) is 0 Å². The third kappa shape index (κ3) is 4.09. The maximum Gasteiger partial charge on any atom is 0.345 e. The lowest BCUT2D eigenvalue weighted by molar-refractivity contribution is 0.104. The first kappa shape index (κ1) is 21.3. The van der Waals surface area contributed by atoms with Gasteiger partial charge in [0, 0.05) is 28.4 Å². The number of aryl methyl sites for hydroxylation is 2. The van der Waals surface area contributed by atoms with Crippen molar-refractivity contribution in [1.29, 1.82) is 0 Å². The minimum absolute atomic E-state index is 0.172. The average Bonchev–Trinajstić information content (AvgIpc) is 3.23. The number of hydrogen-bond acceptors (Lipinski definition) is 5. The van der Waals surface area contributed by atoms with Gasteiger partial charge in [-0.3, -0.25) is 9.78 Å². The number of carbonyl (C=O) groups excluding carboxylic acids is 1. The molecule has 0 amide bonds. The van der Waals surface area contributed by atoms with Crippen molar-refractivity contribution in [2.45, 2.75) is 13.8 Å². The average molecular weight is 447 g/mol. The first-order chi connectivity index (χ1) is 16.5. The Hall–Kier alpha value is -4.58. The Morgan fingerprint density at radius 2 is 1.71 bits per heavy atom. The molecule has 34 heavy (non-hydrogen) atoms. The van der Waals surface area contributed by atoms with Crippen molar-refractivity contribution < 1.29 is 9.21 Å². The second-order valence-corrected chi connectivity index (χ2v) is 7.96. The fourth-order valence-corrected chi connectivity index (χ4v) is 3.82. The maximum atomic E-state index is 12.9. The monoisotopic (exact) mass is 447 g/mol. The predicted molar refractivity (Wildman–Crippen MR) is 132 cm³/mol. The zero-order valence-corrected chi connectivity index (χ0v) is 18.7. The smallest absolute Gasteiger partial charge is 0.345 e. The largest absolute Gasteiger partial charge is 0.422 e. The first-order valence-corrected chi connectivity index (χ1v) is 10.8. The molecule has 0 fully saturated rings. The molecule has 0 radical (unpaired) electrons. The third-order valence-corrected chi connectivity index (χ3v) is 5.64. The Bertz CT molecular complexity index is 1610. The van der Waals surface area contributed by atoms with Gasteiger partial charge in [-0.15, -0.1) is 0 Å². The summed E-state index contributed by atoms with van der Waals surface area (Å²) in [6.07, 6.45) is 5.17. The van der Waals surface area contributed by atoms with Crippen LogP contribution in [0.5, 0.6) is 0 Å². The molecule has 0 bridgehead atoms. The van der Waals surface area contributed by atoms with Crippen LogP contribution in [-0.4, -0.2) is 20.5 Å². The van der Waals surface area contributed by atoms with E-state index in [4.69, 9.17) is 4.42 Å². The van der Waals surface area contributed by atoms with E-state index in [1.54, 1.807) is 41.9 Å². The van der Waals surface area contributed by atoms with Crippen molar-refractivity contribution in [3.05, 3.63) is 118 Å². The number of carbonyl (C=O) groups is 1. The fraction of sp³-hybridized carbons (Fsp3) is 0.0714. The zero-order valence-electron chi connectivity index (χ0n) is 18.7. The number of ketones is 1. The highest BCUT2D eigenvalue weighted by molar-refractivity contribution is 6.07. The van der Waals surface area contributed by atoms with E-state index in [2.05, 4.69) is 10.1 Å². The Kier molecular flexibility index (Phi) is 5.47. The van der Waals surface area contributed by atoms with Crippen molar-refractivity contribution in [2.24, 2.45) is 0 Å². The van der Waals surface area contributed by atoms with Gasteiger partial charge in [-0.1, -0.05) is 36.4 Å². The Balaban J connectivity index is 1.41. The number of benzene rings is 2. The molecule has 6 heteroatoms. The van der Waals surface area contributed by atoms with E-state index in [0.29, 0.717) is 28.1 Å². The number of nitrogens with zero attached hydrogens (tertiary/aromatic N) is 3. The highest BCUT2D eigenvalue weighted by atomic mass is 16.4. The third-order valence-electron chi connectivity index (χ3n) is 5.64. The van der Waals surface area contributed by atoms with E-state index >= 15 is 0 Å². The summed E-state index contributed by atoms with van der Waals surface area (Å²) >= 11 is 0. The summed E-state index contributed by atoms with van der Waals surface area (Å²) in [5, 5.41) is 5.34. The normalized spacial score (nSPS) is 11.4. The highest BCUT2D eigenvalue weighted by Crippen LogP contribution is 2.21. The van der Waals surface area contributed by atoms with E-state index in [0.717, 1.165) is 22.3 Å². The molecule has 3 aromatic heterocycles. The molecule has 2 aromatic carbocycles. The zero-order chi connectivity index (χ0) is 23.7. The van der Waals surface area contributed by atoms with Gasteiger partial charge in [0.25, 0.3) is 0 Å². The van der Waals surface area contributed by atoms with Gasteiger partial charge in [0.2, 0.25) is 0 Å². The van der Waals surface area contributed by atoms with E-state index < -0.39 is 5.63 Å². The molecule has 6 nitrogen and oxygen atoms in total. The van der Waals surface area contributed by atoms with Crippen LogP contribution in [0.25, 0.3) is 34.0 Å². The topological polar surface area (TPSA) is 78.0 Å². The molecule has 0 saturated carbocycles. The summed E-state index contributed by atoms with van der Waals surface area (Å²) in [6.45, 7) is 3.66. The van der Waals surface area contributed by atoms with Gasteiger partial charge in [-0.2, -0.15) is 5.10 Å². The molecule has 0 aliphatic heterocycles. The van der Waals surface area contributed by atoms with Crippen molar-refractivity contribution in [3.8, 4) is 16.9 Å². The first-order valence-electron chi connectivity index (χ1n) is 10.8. The van der Waals surface area contributed by atoms with E-state index in [9.17, 15) is 9.59 Å². The lowest BCUT2D eigenvalue weighted by Gasteiger charge is -2.06. The van der Waals surface area contributed by atoms with Crippen molar-refractivity contribution >= 4 is 22.8 Å². The number of rotatable bonds is 5. The lowest BCUT2D eigenvalue weighted by atomic mass is 10.1. The second-order valence-electron chi connectivity index (χ2n) is 7.96. The molecule has 5 rings (SSSR count). The molecule has 166 valence electrons. The molecule has 5 aromatic rings. The summed E-state index contributed by atoms with van der Waals surface area (Å²) in [4.78, 5) is 29.9. The van der Waals surface area contributed by atoms with Crippen LogP contribution >= 0.6 is 0 Å². The second kappa shape index (κ2) is 8.75. The lowest BCUT2D eigenvalue weighted by Crippen LogP contribution is -2.06. The molecule has 0 spiro atoms. The Labute approximate surface area is 195 Å². The van der Waals surface area contributed by atoms with Gasteiger partial charge in [0.15, 0.2) is 5.78 Å². The van der Waals surface area contributed by atoms with E-state index in [-0.39, 0.29) is 5.78 Å². The van der Waals surface area contributed by atoms with Crippen molar-refractivity contribution in [3.63, 3.8) is 0 Å². The van der Waals surface area contributed by atoms with Gasteiger partial charge in [0.1, 0.15) is 5.58 Å². The fourth-order valence-electron chi connectivity index (χ4n) is 3.82. The van der Waals surface area contributed by atoms with Gasteiger partial charge in [0.05, 0.1) is 22.6 Å². The Morgan fingerprint density at radius 3 is 2.50 bits per heavy atom. The summed E-state index contributed by atoms with van der Waals surface area (Å²) in [7, 11) is 0. The number of para-hydroxylation sites is 2. The summed E-state index contributed by atoms with van der Waals surface area (Å²) < 4.78 is 7.20. The van der Waals surface area contributed by atoms with Gasteiger partial charge < -0.3 is 4.42 Å². The number of pyridine rings is 1. The standard InChI is InChI=1S/C28H21N3O3/c1-18-21(17-31(30-18)22-9-4-3-5-10-22)12-15-26(32)23-13-14-25(29-19(23)2)24-16-20-8-6-7-11-27(20)34-28(24)33/h3-17H,1-2H3/b15-12+. The van der Waals surface area contributed by atoms with Gasteiger partial charge >= 0.3 is 5.63 Å². The molecular formula is C28H21N3O3. The SMILES string of the molecule is Cc1nn(-c2ccccc2)cc1/C=C/C(=O)c1ccc(-c2cc3ccccc3oc2=O)nc1C. The van der Waals surface area contributed by atoms with Crippen LogP contribution in [0.15, 0.2) is 94.3 Å². The number of fused-ring (bicyclic) bond motifs is 1. The molecule has 0 aliphatic rings. The number of allylic oxidation sites excluding steroid dienone is 1. The minimum atomic E-state index is -0.463. The molecule has 0 atom stereocenters. The van der Waals surface area contributed by atoms with Crippen molar-refractivity contribution in [2.75, 3.05) is 0 Å². The van der Waals surface area contributed by atoms with Crippen LogP contribution in [0.1, 0.15) is 27.3 Å². The van der Waals surface area contributed by atoms with Crippen molar-refractivity contribution in [1.82, 2.24) is 14.8 Å². The molecule has 3 heterocycles. The van der Waals surface area contributed by atoms with Gasteiger partial charge in [-0.25, -0.2) is 9.48 Å². The van der Waals surface area contributed by atoms with Crippen LogP contribution in [0, 0.1) is 13.8 Å². The molecule has 0 unspecified atom stereocenters. The van der Waals surface area contributed by atoms with Crippen LogP contribution < -0.4 is 5.63 Å². The van der Waals surface area contributed by atoms with Crippen LogP contribution in [-0.2, 0) is 0 Å². The molecular weight excluding hydrogens is 426 g/mol. The van der Waals surface area contributed by atoms with Gasteiger partial charge in [-0.05, 0) is 62.4 Å². The Morgan fingerprint density at radius 1 is 0.941 bits per heavy atom.